The maximum Gasteiger partial charge on any atom is 0.149 e. The standard InChI is InChI=1S/C21H23N9O/c1-24-8-15(7-23)18-6-19-25-4-5-29(19)20(27-18)16-9-26-30(10-16)21(2-3-22)13-28(14-21)17-11-31-12-17/h4-10,17H,2,11-14,23H2,1H3. The van der Waals surface area contributed by atoms with Crippen molar-refractivity contribution >= 4 is 17.4 Å². The van der Waals surface area contributed by atoms with Crippen LogP contribution in [0.4, 0.5) is 0 Å². The molecule has 0 unspecified atom stereocenters. The van der Waals surface area contributed by atoms with Crippen molar-refractivity contribution in [2.24, 2.45) is 10.7 Å². The smallest absolute Gasteiger partial charge is 0.149 e. The van der Waals surface area contributed by atoms with Crippen LogP contribution in [0.15, 0.2) is 42.0 Å². The van der Waals surface area contributed by atoms with E-state index in [1.54, 1.807) is 25.7 Å². The molecule has 2 aliphatic heterocycles. The quantitative estimate of drug-likeness (QED) is 0.592. The summed E-state index contributed by atoms with van der Waals surface area (Å²) in [6.45, 7) is 3.11. The van der Waals surface area contributed by atoms with Crippen molar-refractivity contribution in [2.45, 2.75) is 18.0 Å². The van der Waals surface area contributed by atoms with Gasteiger partial charge in [0.2, 0.25) is 0 Å². The predicted octanol–water partition coefficient (Wildman–Crippen LogP) is 0.916. The molecule has 3 aromatic heterocycles. The first kappa shape index (κ1) is 19.4. The molecule has 0 atom stereocenters. The van der Waals surface area contributed by atoms with Gasteiger partial charge in [-0.25, -0.2) is 9.97 Å². The molecule has 5 heterocycles. The minimum absolute atomic E-state index is 0.328. The summed E-state index contributed by atoms with van der Waals surface area (Å²) in [6, 6.07) is 4.66. The number of allylic oxidation sites excluding steroid dienone is 1. The van der Waals surface area contributed by atoms with Gasteiger partial charge in [-0.05, 0) is 0 Å². The maximum absolute atomic E-state index is 9.45. The van der Waals surface area contributed by atoms with E-state index in [0.29, 0.717) is 29.6 Å². The van der Waals surface area contributed by atoms with E-state index < -0.39 is 0 Å². The first-order valence-electron chi connectivity index (χ1n) is 10.1. The van der Waals surface area contributed by atoms with Crippen LogP contribution in [0.2, 0.25) is 0 Å². The minimum Gasteiger partial charge on any atom is -0.404 e. The van der Waals surface area contributed by atoms with Gasteiger partial charge in [0, 0.05) is 62.8 Å². The van der Waals surface area contributed by atoms with Crippen molar-refractivity contribution in [3.8, 4) is 17.5 Å². The SMILES string of the molecule is CN=CC(=CN)c1cc2nccn2c(-c2cnn(C3(CC#N)CN(C4COC4)C3)c2)n1. The first-order valence-corrected chi connectivity index (χ1v) is 10.1. The highest BCUT2D eigenvalue weighted by molar-refractivity contribution is 6.09. The summed E-state index contributed by atoms with van der Waals surface area (Å²) in [7, 11) is 1.69. The second-order valence-electron chi connectivity index (χ2n) is 7.96. The van der Waals surface area contributed by atoms with E-state index >= 15 is 0 Å². The van der Waals surface area contributed by atoms with E-state index in [1.807, 2.05) is 27.5 Å². The highest BCUT2D eigenvalue weighted by Crippen LogP contribution is 2.36. The summed E-state index contributed by atoms with van der Waals surface area (Å²) in [5.74, 6) is 0.704. The second kappa shape index (κ2) is 7.61. The Kier molecular flexibility index (Phi) is 4.77. The van der Waals surface area contributed by atoms with Crippen molar-refractivity contribution in [3.05, 3.63) is 42.7 Å². The van der Waals surface area contributed by atoms with E-state index in [9.17, 15) is 5.26 Å². The monoisotopic (exact) mass is 417 g/mol. The summed E-state index contributed by atoms with van der Waals surface area (Å²) in [6.07, 6.45) is 10.9. The Morgan fingerprint density at radius 1 is 1.45 bits per heavy atom. The lowest BCUT2D eigenvalue weighted by molar-refractivity contribution is -0.127. The third-order valence-electron chi connectivity index (χ3n) is 6.00. The molecule has 0 amide bonds. The molecule has 2 fully saturated rings. The molecule has 0 saturated carbocycles. The molecular weight excluding hydrogens is 394 g/mol. The van der Waals surface area contributed by atoms with Crippen LogP contribution in [0.25, 0.3) is 22.6 Å². The minimum atomic E-state index is -0.328. The zero-order valence-corrected chi connectivity index (χ0v) is 17.2. The van der Waals surface area contributed by atoms with E-state index in [2.05, 4.69) is 26.0 Å². The number of nitrogens with zero attached hydrogens (tertiary/aromatic N) is 8. The third-order valence-corrected chi connectivity index (χ3v) is 6.00. The van der Waals surface area contributed by atoms with Gasteiger partial charge in [0.1, 0.15) is 17.0 Å². The summed E-state index contributed by atoms with van der Waals surface area (Å²) in [4.78, 5) is 15.7. The Hall–Kier alpha value is -3.55. The number of hydrogen-bond acceptors (Lipinski definition) is 8. The summed E-state index contributed by atoms with van der Waals surface area (Å²) in [5.41, 5.74) is 8.45. The number of hydrogen-bond donors (Lipinski definition) is 1. The number of ether oxygens (including phenoxy) is 1. The van der Waals surface area contributed by atoms with Gasteiger partial charge in [-0.15, -0.1) is 0 Å². The fraction of sp³-hybridized carbons (Fsp3) is 0.381. The number of rotatable bonds is 6. The van der Waals surface area contributed by atoms with Crippen LogP contribution < -0.4 is 5.73 Å². The van der Waals surface area contributed by atoms with Crippen molar-refractivity contribution in [2.75, 3.05) is 33.4 Å². The molecule has 10 heteroatoms. The average Bonchev–Trinajstić information content (AvgIpc) is 3.37. The number of imidazole rings is 1. The number of nitriles is 1. The molecule has 0 radical (unpaired) electrons. The van der Waals surface area contributed by atoms with Gasteiger partial charge in [-0.1, -0.05) is 0 Å². The summed E-state index contributed by atoms with van der Waals surface area (Å²) in [5, 5.41) is 14.1. The molecule has 2 N–H and O–H groups in total. The molecule has 0 spiro atoms. The average molecular weight is 417 g/mol. The van der Waals surface area contributed by atoms with Crippen LogP contribution in [0.3, 0.4) is 0 Å². The Bertz CT molecular complexity index is 1210. The molecule has 0 aromatic carbocycles. The van der Waals surface area contributed by atoms with Crippen LogP contribution in [0.1, 0.15) is 12.1 Å². The van der Waals surface area contributed by atoms with Crippen molar-refractivity contribution in [3.63, 3.8) is 0 Å². The Morgan fingerprint density at radius 2 is 2.29 bits per heavy atom. The zero-order chi connectivity index (χ0) is 21.4. The van der Waals surface area contributed by atoms with Gasteiger partial charge >= 0.3 is 0 Å². The van der Waals surface area contributed by atoms with Gasteiger partial charge < -0.3 is 10.5 Å². The molecule has 0 bridgehead atoms. The van der Waals surface area contributed by atoms with E-state index in [4.69, 9.17) is 15.5 Å². The van der Waals surface area contributed by atoms with Crippen molar-refractivity contribution in [1.29, 1.82) is 5.26 Å². The lowest BCUT2D eigenvalue weighted by Crippen LogP contribution is -2.68. The van der Waals surface area contributed by atoms with Crippen LogP contribution in [-0.2, 0) is 10.3 Å². The van der Waals surface area contributed by atoms with Crippen LogP contribution in [0.5, 0.6) is 0 Å². The lowest BCUT2D eigenvalue weighted by atomic mass is 9.85. The van der Waals surface area contributed by atoms with E-state index in [0.717, 1.165) is 37.5 Å². The van der Waals surface area contributed by atoms with Crippen LogP contribution >= 0.6 is 0 Å². The first-order chi connectivity index (χ1) is 15.2. The highest BCUT2D eigenvalue weighted by atomic mass is 16.5. The second-order valence-corrected chi connectivity index (χ2v) is 7.96. The zero-order valence-electron chi connectivity index (χ0n) is 17.2. The number of aliphatic imine (C=N–C) groups is 1. The Morgan fingerprint density at radius 3 is 2.97 bits per heavy atom. The summed E-state index contributed by atoms with van der Waals surface area (Å²) < 4.78 is 9.15. The summed E-state index contributed by atoms with van der Waals surface area (Å²) >= 11 is 0. The molecule has 3 aromatic rings. The molecule has 0 aliphatic carbocycles. The van der Waals surface area contributed by atoms with Crippen LogP contribution in [0, 0.1) is 11.3 Å². The molecule has 158 valence electrons. The van der Waals surface area contributed by atoms with Crippen molar-refractivity contribution < 1.29 is 4.74 Å². The van der Waals surface area contributed by atoms with Gasteiger partial charge in [-0.2, -0.15) is 10.4 Å². The third kappa shape index (κ3) is 3.19. The molecule has 2 saturated heterocycles. The Labute approximate surface area is 179 Å². The van der Waals surface area contributed by atoms with Gasteiger partial charge in [0.15, 0.2) is 0 Å². The molecular formula is C21H23N9O. The Balaban J connectivity index is 1.52. The number of likely N-dealkylation sites (tertiary alicyclic amines) is 1. The van der Waals surface area contributed by atoms with Gasteiger partial charge in [0.25, 0.3) is 0 Å². The topological polar surface area (TPSA) is 123 Å². The van der Waals surface area contributed by atoms with Gasteiger partial charge in [-0.3, -0.25) is 19.0 Å². The molecule has 31 heavy (non-hydrogen) atoms. The van der Waals surface area contributed by atoms with Crippen LogP contribution in [-0.4, -0.2) is 74.7 Å². The molecule has 10 nitrogen and oxygen atoms in total. The fourth-order valence-electron chi connectivity index (χ4n) is 4.19. The number of nitrogens with two attached hydrogens (primary N) is 1. The largest absolute Gasteiger partial charge is 0.404 e. The van der Waals surface area contributed by atoms with Crippen molar-refractivity contribution in [1.82, 2.24) is 29.0 Å². The predicted molar refractivity (Wildman–Crippen MR) is 115 cm³/mol. The van der Waals surface area contributed by atoms with Gasteiger partial charge in [0.05, 0.1) is 49.2 Å². The molecule has 2 aliphatic rings. The number of fused-ring (bicyclic) bond motifs is 1. The van der Waals surface area contributed by atoms with E-state index in [1.165, 1.54) is 6.20 Å². The normalized spacial score (nSPS) is 19.4. The lowest BCUT2D eigenvalue weighted by Gasteiger charge is -2.54. The highest BCUT2D eigenvalue weighted by Gasteiger charge is 2.49. The maximum atomic E-state index is 9.45. The number of aromatic nitrogens is 5. The molecule has 5 rings (SSSR count). The fourth-order valence-corrected chi connectivity index (χ4v) is 4.19. The van der Waals surface area contributed by atoms with E-state index in [-0.39, 0.29) is 5.54 Å².